The van der Waals surface area contributed by atoms with Gasteiger partial charge in [-0.1, -0.05) is 12.1 Å². The van der Waals surface area contributed by atoms with Crippen molar-refractivity contribution in [2.75, 3.05) is 7.05 Å². The summed E-state index contributed by atoms with van der Waals surface area (Å²) in [5.41, 5.74) is 0.590. The molecule has 1 amide bonds. The second-order valence-corrected chi connectivity index (χ2v) is 4.50. The molecular formula is C14H19NO4. The van der Waals surface area contributed by atoms with Crippen LogP contribution in [0.15, 0.2) is 24.3 Å². The summed E-state index contributed by atoms with van der Waals surface area (Å²) < 4.78 is 5.48. The molecule has 0 radical (unpaired) electrons. The Kier molecular flexibility index (Phi) is 5.36. The van der Waals surface area contributed by atoms with E-state index in [4.69, 9.17) is 4.74 Å². The first-order valence-corrected chi connectivity index (χ1v) is 6.14. The van der Waals surface area contributed by atoms with E-state index in [1.165, 1.54) is 7.05 Å². The first-order chi connectivity index (χ1) is 8.93. The first-order valence-electron chi connectivity index (χ1n) is 6.14. The second-order valence-electron chi connectivity index (χ2n) is 4.50. The van der Waals surface area contributed by atoms with Gasteiger partial charge in [-0.2, -0.15) is 0 Å². The molecule has 0 saturated carbocycles. The van der Waals surface area contributed by atoms with Crippen LogP contribution in [0.4, 0.5) is 0 Å². The highest BCUT2D eigenvalue weighted by Crippen LogP contribution is 2.23. The van der Waals surface area contributed by atoms with Gasteiger partial charge in [0, 0.05) is 13.5 Å². The van der Waals surface area contributed by atoms with Crippen molar-refractivity contribution in [2.45, 2.75) is 32.3 Å². The van der Waals surface area contributed by atoms with Crippen LogP contribution in [0, 0.1) is 0 Å². The second kappa shape index (κ2) is 6.78. The topological polar surface area (TPSA) is 75.6 Å². The summed E-state index contributed by atoms with van der Waals surface area (Å²) in [5, 5.41) is 11.6. The Morgan fingerprint density at radius 2 is 1.84 bits per heavy atom. The summed E-state index contributed by atoms with van der Waals surface area (Å²) in [6, 6.07) is 6.79. The number of aliphatic carboxylic acids is 1. The predicted molar refractivity (Wildman–Crippen MR) is 71.3 cm³/mol. The van der Waals surface area contributed by atoms with Crippen molar-refractivity contribution in [3.63, 3.8) is 0 Å². The zero-order chi connectivity index (χ0) is 14.4. The number of hydrogen-bond acceptors (Lipinski definition) is 3. The molecule has 0 saturated heterocycles. The average Bonchev–Trinajstić information content (AvgIpc) is 2.35. The number of carbonyl (C=O) groups excluding carboxylic acids is 1. The number of carbonyl (C=O) groups is 2. The average molecular weight is 265 g/mol. The number of carboxylic acids is 1. The monoisotopic (exact) mass is 265 g/mol. The molecule has 1 atom stereocenters. The van der Waals surface area contributed by atoms with Crippen LogP contribution in [0.3, 0.4) is 0 Å². The molecular weight excluding hydrogens is 246 g/mol. The Hall–Kier alpha value is -2.04. The van der Waals surface area contributed by atoms with E-state index in [0.29, 0.717) is 11.3 Å². The maximum absolute atomic E-state index is 11.3. The summed E-state index contributed by atoms with van der Waals surface area (Å²) >= 11 is 0. The third-order valence-electron chi connectivity index (χ3n) is 2.62. The molecule has 0 heterocycles. The zero-order valence-corrected chi connectivity index (χ0v) is 11.3. The summed E-state index contributed by atoms with van der Waals surface area (Å²) in [5.74, 6) is -1.47. The van der Waals surface area contributed by atoms with E-state index in [1.54, 1.807) is 24.3 Å². The fourth-order valence-corrected chi connectivity index (χ4v) is 1.69. The molecule has 0 aliphatic heterocycles. The quantitative estimate of drug-likeness (QED) is 0.822. The Morgan fingerprint density at radius 1 is 1.26 bits per heavy atom. The number of carboxylic acid groups (broad SMARTS) is 1. The predicted octanol–water partition coefficient (Wildman–Crippen LogP) is 1.78. The lowest BCUT2D eigenvalue weighted by molar-refractivity contribution is -0.140. The molecule has 1 rings (SSSR count). The van der Waals surface area contributed by atoms with Crippen molar-refractivity contribution in [3.8, 4) is 5.75 Å². The molecule has 5 heteroatoms. The Morgan fingerprint density at radius 3 is 2.26 bits per heavy atom. The van der Waals surface area contributed by atoms with Gasteiger partial charge >= 0.3 is 5.97 Å². The summed E-state index contributed by atoms with van der Waals surface area (Å²) in [7, 11) is 1.49. The van der Waals surface area contributed by atoms with Crippen molar-refractivity contribution in [3.05, 3.63) is 29.8 Å². The van der Waals surface area contributed by atoms with Gasteiger partial charge in [0.25, 0.3) is 0 Å². The normalized spacial score (nSPS) is 12.0. The van der Waals surface area contributed by atoms with Crippen molar-refractivity contribution in [1.29, 1.82) is 0 Å². The Labute approximate surface area is 112 Å². The van der Waals surface area contributed by atoms with E-state index in [9.17, 15) is 14.7 Å². The third kappa shape index (κ3) is 4.62. The van der Waals surface area contributed by atoms with Gasteiger partial charge in [-0.25, -0.2) is 0 Å². The molecule has 2 N–H and O–H groups in total. The molecule has 0 unspecified atom stereocenters. The lowest BCUT2D eigenvalue weighted by Gasteiger charge is -2.14. The molecule has 1 aromatic carbocycles. The molecule has 0 aliphatic rings. The maximum Gasteiger partial charge on any atom is 0.311 e. The highest BCUT2D eigenvalue weighted by molar-refractivity contribution is 5.85. The van der Waals surface area contributed by atoms with Gasteiger partial charge in [0.05, 0.1) is 12.0 Å². The number of amides is 1. The maximum atomic E-state index is 11.3. The van der Waals surface area contributed by atoms with Crippen LogP contribution in [0.2, 0.25) is 0 Å². The number of benzene rings is 1. The molecule has 104 valence electrons. The van der Waals surface area contributed by atoms with Crippen LogP contribution in [-0.2, 0) is 9.59 Å². The van der Waals surface area contributed by atoms with Crippen molar-refractivity contribution in [1.82, 2.24) is 5.32 Å². The SMILES string of the molecule is CNC(=O)C[C@@H](C(=O)O)c1ccc(OC(C)C)cc1. The molecule has 0 aliphatic carbocycles. The van der Waals surface area contributed by atoms with Crippen LogP contribution < -0.4 is 10.1 Å². The van der Waals surface area contributed by atoms with Crippen molar-refractivity contribution in [2.24, 2.45) is 0 Å². The van der Waals surface area contributed by atoms with Gasteiger partial charge in [-0.05, 0) is 31.5 Å². The minimum Gasteiger partial charge on any atom is -0.491 e. The first kappa shape index (κ1) is 15.0. The molecule has 1 aromatic rings. The lowest BCUT2D eigenvalue weighted by Crippen LogP contribution is -2.24. The minimum absolute atomic E-state index is 0.0620. The highest BCUT2D eigenvalue weighted by Gasteiger charge is 2.22. The molecule has 19 heavy (non-hydrogen) atoms. The van der Waals surface area contributed by atoms with Crippen LogP contribution in [-0.4, -0.2) is 30.1 Å². The number of hydrogen-bond donors (Lipinski definition) is 2. The fraction of sp³-hybridized carbons (Fsp3) is 0.429. The smallest absolute Gasteiger partial charge is 0.311 e. The van der Waals surface area contributed by atoms with E-state index in [1.807, 2.05) is 13.8 Å². The van der Waals surface area contributed by atoms with Gasteiger partial charge in [-0.15, -0.1) is 0 Å². The van der Waals surface area contributed by atoms with E-state index in [2.05, 4.69) is 5.32 Å². The fourth-order valence-electron chi connectivity index (χ4n) is 1.69. The molecule has 0 fully saturated rings. The minimum atomic E-state index is -1.01. The van der Waals surface area contributed by atoms with Crippen LogP contribution in [0.1, 0.15) is 31.7 Å². The van der Waals surface area contributed by atoms with Crippen molar-refractivity contribution < 1.29 is 19.4 Å². The van der Waals surface area contributed by atoms with E-state index in [-0.39, 0.29) is 18.4 Å². The van der Waals surface area contributed by atoms with Gasteiger partial charge < -0.3 is 15.2 Å². The van der Waals surface area contributed by atoms with Crippen molar-refractivity contribution >= 4 is 11.9 Å². The van der Waals surface area contributed by atoms with Gasteiger partial charge in [0.2, 0.25) is 5.91 Å². The number of rotatable bonds is 6. The van der Waals surface area contributed by atoms with Crippen LogP contribution in [0.25, 0.3) is 0 Å². The molecule has 0 bridgehead atoms. The molecule has 0 aromatic heterocycles. The lowest BCUT2D eigenvalue weighted by atomic mass is 9.95. The molecule has 0 spiro atoms. The summed E-state index contributed by atoms with van der Waals surface area (Å²) in [6.07, 6.45) is -0.0112. The third-order valence-corrected chi connectivity index (χ3v) is 2.62. The number of ether oxygens (including phenoxy) is 1. The summed E-state index contributed by atoms with van der Waals surface area (Å²) in [6.45, 7) is 3.83. The highest BCUT2D eigenvalue weighted by atomic mass is 16.5. The van der Waals surface area contributed by atoms with Gasteiger partial charge in [-0.3, -0.25) is 9.59 Å². The largest absolute Gasteiger partial charge is 0.491 e. The Balaban J connectivity index is 2.85. The Bertz CT molecular complexity index is 439. The standard InChI is InChI=1S/C14H19NO4/c1-9(2)19-11-6-4-10(5-7-11)12(14(17)18)8-13(16)15-3/h4-7,9,12H,8H2,1-3H3,(H,15,16)(H,17,18)/t12-/m1/s1. The van der Waals surface area contributed by atoms with Crippen LogP contribution in [0.5, 0.6) is 5.75 Å². The van der Waals surface area contributed by atoms with Gasteiger partial charge in [0.15, 0.2) is 0 Å². The van der Waals surface area contributed by atoms with Gasteiger partial charge in [0.1, 0.15) is 5.75 Å². The summed E-state index contributed by atoms with van der Waals surface area (Å²) in [4.78, 5) is 22.5. The van der Waals surface area contributed by atoms with E-state index >= 15 is 0 Å². The molecule has 5 nitrogen and oxygen atoms in total. The van der Waals surface area contributed by atoms with E-state index < -0.39 is 11.9 Å². The zero-order valence-electron chi connectivity index (χ0n) is 11.3. The van der Waals surface area contributed by atoms with E-state index in [0.717, 1.165) is 0 Å². The number of nitrogens with one attached hydrogen (secondary N) is 1. The van der Waals surface area contributed by atoms with Crippen LogP contribution >= 0.6 is 0 Å².